The van der Waals surface area contributed by atoms with E-state index < -0.39 is 0 Å². The molecule has 0 atom stereocenters. The number of amides is 1. The van der Waals surface area contributed by atoms with Crippen LogP contribution in [0, 0.1) is 0 Å². The summed E-state index contributed by atoms with van der Waals surface area (Å²) < 4.78 is 10.7. The number of hydrogen-bond acceptors (Lipinski definition) is 5. The van der Waals surface area contributed by atoms with E-state index in [1.165, 1.54) is 6.21 Å². The molecule has 22 heavy (non-hydrogen) atoms. The fourth-order valence-corrected chi connectivity index (χ4v) is 1.77. The van der Waals surface area contributed by atoms with Gasteiger partial charge in [-0.15, -0.1) is 0 Å². The van der Waals surface area contributed by atoms with E-state index in [2.05, 4.69) is 15.5 Å². The van der Waals surface area contributed by atoms with Gasteiger partial charge in [0.1, 0.15) is 0 Å². The third-order valence-corrected chi connectivity index (χ3v) is 2.81. The third-order valence-electron chi connectivity index (χ3n) is 2.81. The maximum Gasteiger partial charge on any atom is 0.271 e. The van der Waals surface area contributed by atoms with Crippen LogP contribution in [0.5, 0.6) is 11.5 Å². The number of nitrogens with one attached hydrogen (secondary N) is 1. The molecule has 6 heteroatoms. The standard InChI is InChI=1S/C16H17N3O3/c1-3-22-14-5-4-12(10-15(14)21-2)11-18-19-16(20)13-6-8-17-9-7-13/h4-11H,3H2,1-2H3,(H,19,20)/b18-11+. The molecule has 114 valence electrons. The molecule has 1 N–H and O–H groups in total. The molecule has 0 spiro atoms. The second kappa shape index (κ2) is 7.78. The Bertz CT molecular complexity index is 657. The van der Waals surface area contributed by atoms with Gasteiger partial charge in [-0.05, 0) is 42.8 Å². The molecule has 1 heterocycles. The summed E-state index contributed by atoms with van der Waals surface area (Å²) in [7, 11) is 1.57. The number of aromatic nitrogens is 1. The molecule has 1 aromatic carbocycles. The minimum Gasteiger partial charge on any atom is -0.493 e. The van der Waals surface area contributed by atoms with Crippen molar-refractivity contribution in [2.24, 2.45) is 5.10 Å². The summed E-state index contributed by atoms with van der Waals surface area (Å²) in [5, 5.41) is 3.93. The molecule has 0 aliphatic carbocycles. The van der Waals surface area contributed by atoms with Crippen molar-refractivity contribution in [2.75, 3.05) is 13.7 Å². The van der Waals surface area contributed by atoms with Crippen molar-refractivity contribution < 1.29 is 14.3 Å². The van der Waals surface area contributed by atoms with Gasteiger partial charge in [0.2, 0.25) is 0 Å². The average molecular weight is 299 g/mol. The quantitative estimate of drug-likeness (QED) is 0.656. The Labute approximate surface area is 128 Å². The molecule has 0 fully saturated rings. The Balaban J connectivity index is 2.02. The van der Waals surface area contributed by atoms with Crippen LogP contribution >= 0.6 is 0 Å². The lowest BCUT2D eigenvalue weighted by Crippen LogP contribution is -2.17. The van der Waals surface area contributed by atoms with Crippen molar-refractivity contribution in [2.45, 2.75) is 6.92 Å². The molecule has 1 amide bonds. The highest BCUT2D eigenvalue weighted by Gasteiger charge is 2.05. The second-order valence-electron chi connectivity index (χ2n) is 4.28. The maximum absolute atomic E-state index is 11.8. The molecule has 0 saturated carbocycles. The summed E-state index contributed by atoms with van der Waals surface area (Å²) >= 11 is 0. The molecule has 0 aliphatic rings. The normalized spacial score (nSPS) is 10.5. The smallest absolute Gasteiger partial charge is 0.271 e. The van der Waals surface area contributed by atoms with E-state index in [1.54, 1.807) is 43.8 Å². The van der Waals surface area contributed by atoms with Crippen LogP contribution in [0.2, 0.25) is 0 Å². The van der Waals surface area contributed by atoms with E-state index in [1.807, 2.05) is 13.0 Å². The predicted molar refractivity (Wildman–Crippen MR) is 83.5 cm³/mol. The first kappa shape index (κ1) is 15.5. The minimum atomic E-state index is -0.295. The number of carbonyl (C=O) groups excluding carboxylic acids is 1. The summed E-state index contributed by atoms with van der Waals surface area (Å²) in [4.78, 5) is 15.7. The topological polar surface area (TPSA) is 72.8 Å². The molecular weight excluding hydrogens is 282 g/mol. The van der Waals surface area contributed by atoms with Gasteiger partial charge in [-0.3, -0.25) is 9.78 Å². The van der Waals surface area contributed by atoms with Crippen molar-refractivity contribution in [3.63, 3.8) is 0 Å². The lowest BCUT2D eigenvalue weighted by molar-refractivity contribution is 0.0955. The van der Waals surface area contributed by atoms with E-state index in [0.717, 1.165) is 5.56 Å². The maximum atomic E-state index is 11.8. The summed E-state index contributed by atoms with van der Waals surface area (Å²) in [5.74, 6) is 0.991. The highest BCUT2D eigenvalue weighted by molar-refractivity contribution is 5.94. The van der Waals surface area contributed by atoms with E-state index in [-0.39, 0.29) is 5.91 Å². The fourth-order valence-electron chi connectivity index (χ4n) is 1.77. The largest absolute Gasteiger partial charge is 0.493 e. The second-order valence-corrected chi connectivity index (χ2v) is 4.28. The number of hydrogen-bond donors (Lipinski definition) is 1. The molecule has 0 saturated heterocycles. The van der Waals surface area contributed by atoms with E-state index in [9.17, 15) is 4.79 Å². The third kappa shape index (κ3) is 4.05. The van der Waals surface area contributed by atoms with Crippen LogP contribution in [0.1, 0.15) is 22.8 Å². The molecule has 2 rings (SSSR count). The van der Waals surface area contributed by atoms with Crippen LogP contribution in [-0.4, -0.2) is 30.8 Å². The van der Waals surface area contributed by atoms with Crippen LogP contribution in [-0.2, 0) is 0 Å². The zero-order valence-corrected chi connectivity index (χ0v) is 12.4. The fraction of sp³-hybridized carbons (Fsp3) is 0.188. The highest BCUT2D eigenvalue weighted by atomic mass is 16.5. The lowest BCUT2D eigenvalue weighted by atomic mass is 10.2. The van der Waals surface area contributed by atoms with Crippen LogP contribution in [0.15, 0.2) is 47.8 Å². The number of benzene rings is 1. The Morgan fingerprint density at radius 3 is 2.73 bits per heavy atom. The SMILES string of the molecule is CCOc1ccc(/C=N/NC(=O)c2ccncc2)cc1OC. The number of pyridine rings is 1. The molecule has 2 aromatic rings. The van der Waals surface area contributed by atoms with Crippen LogP contribution < -0.4 is 14.9 Å². The molecule has 0 radical (unpaired) electrons. The summed E-state index contributed by atoms with van der Waals surface area (Å²) in [6.07, 6.45) is 4.64. The van der Waals surface area contributed by atoms with Gasteiger partial charge in [0.05, 0.1) is 19.9 Å². The van der Waals surface area contributed by atoms with Crippen LogP contribution in [0.4, 0.5) is 0 Å². The van der Waals surface area contributed by atoms with Gasteiger partial charge in [0, 0.05) is 18.0 Å². The van der Waals surface area contributed by atoms with Gasteiger partial charge >= 0.3 is 0 Å². The van der Waals surface area contributed by atoms with Crippen molar-refractivity contribution in [3.8, 4) is 11.5 Å². The van der Waals surface area contributed by atoms with Crippen molar-refractivity contribution in [3.05, 3.63) is 53.9 Å². The van der Waals surface area contributed by atoms with Crippen molar-refractivity contribution in [1.82, 2.24) is 10.4 Å². The summed E-state index contributed by atoms with van der Waals surface area (Å²) in [6.45, 7) is 2.47. The monoisotopic (exact) mass is 299 g/mol. The molecule has 6 nitrogen and oxygen atoms in total. The Morgan fingerprint density at radius 2 is 2.05 bits per heavy atom. The molecule has 0 aliphatic heterocycles. The van der Waals surface area contributed by atoms with Crippen LogP contribution in [0.25, 0.3) is 0 Å². The molecule has 0 bridgehead atoms. The van der Waals surface area contributed by atoms with Gasteiger partial charge in [0.15, 0.2) is 11.5 Å². The number of carbonyl (C=O) groups is 1. The van der Waals surface area contributed by atoms with Crippen LogP contribution in [0.3, 0.4) is 0 Å². The van der Waals surface area contributed by atoms with E-state index >= 15 is 0 Å². The number of rotatable bonds is 6. The molecule has 0 unspecified atom stereocenters. The number of nitrogens with zero attached hydrogens (tertiary/aromatic N) is 2. The summed E-state index contributed by atoms with van der Waals surface area (Å²) in [5.41, 5.74) is 3.74. The van der Waals surface area contributed by atoms with Gasteiger partial charge in [-0.1, -0.05) is 0 Å². The van der Waals surface area contributed by atoms with Gasteiger partial charge in [-0.25, -0.2) is 5.43 Å². The molecular formula is C16H17N3O3. The first-order valence-corrected chi connectivity index (χ1v) is 6.79. The Kier molecular flexibility index (Phi) is 5.48. The Hall–Kier alpha value is -2.89. The first-order chi connectivity index (χ1) is 10.7. The van der Waals surface area contributed by atoms with Gasteiger partial charge in [-0.2, -0.15) is 5.10 Å². The zero-order chi connectivity index (χ0) is 15.8. The number of methoxy groups -OCH3 is 1. The molecule has 1 aromatic heterocycles. The number of ether oxygens (including phenoxy) is 2. The Morgan fingerprint density at radius 1 is 1.27 bits per heavy atom. The number of hydrazone groups is 1. The minimum absolute atomic E-state index is 0.295. The lowest BCUT2D eigenvalue weighted by Gasteiger charge is -2.09. The van der Waals surface area contributed by atoms with Crippen molar-refractivity contribution >= 4 is 12.1 Å². The van der Waals surface area contributed by atoms with E-state index in [0.29, 0.717) is 23.7 Å². The zero-order valence-electron chi connectivity index (χ0n) is 12.4. The highest BCUT2D eigenvalue weighted by Crippen LogP contribution is 2.27. The van der Waals surface area contributed by atoms with E-state index in [4.69, 9.17) is 9.47 Å². The van der Waals surface area contributed by atoms with Crippen molar-refractivity contribution in [1.29, 1.82) is 0 Å². The predicted octanol–water partition coefficient (Wildman–Crippen LogP) is 2.25. The summed E-state index contributed by atoms with van der Waals surface area (Å²) in [6, 6.07) is 8.65. The first-order valence-electron chi connectivity index (χ1n) is 6.79. The van der Waals surface area contributed by atoms with Gasteiger partial charge in [0.25, 0.3) is 5.91 Å². The average Bonchev–Trinajstić information content (AvgIpc) is 2.57. The van der Waals surface area contributed by atoms with Gasteiger partial charge < -0.3 is 9.47 Å².